The average molecular weight is 418 g/mol. The SMILES string of the molecule is Nc1cc(C2=CC=CC(NCC3CCOCC3)N2C2CCC(N)CC2)c(Cl)cn1. The van der Waals surface area contributed by atoms with Gasteiger partial charge in [0.2, 0.25) is 0 Å². The van der Waals surface area contributed by atoms with Crippen LogP contribution in [0.1, 0.15) is 44.1 Å². The first-order valence-corrected chi connectivity index (χ1v) is 11.1. The molecule has 5 N–H and O–H groups in total. The van der Waals surface area contributed by atoms with E-state index in [2.05, 4.69) is 33.4 Å². The third kappa shape index (κ3) is 4.94. The Hall–Kier alpha value is -1.60. The number of nitrogens with zero attached hydrogens (tertiary/aromatic N) is 2. The molecule has 1 aliphatic carbocycles. The zero-order valence-corrected chi connectivity index (χ0v) is 17.7. The fraction of sp³-hybridized carbons (Fsp3) is 0.591. The second-order valence-corrected chi connectivity index (χ2v) is 8.82. The molecular weight excluding hydrogens is 386 g/mol. The number of hydrogen-bond donors (Lipinski definition) is 3. The van der Waals surface area contributed by atoms with Crippen molar-refractivity contribution in [2.75, 3.05) is 25.5 Å². The highest BCUT2D eigenvalue weighted by Gasteiger charge is 2.32. The van der Waals surface area contributed by atoms with Crippen LogP contribution < -0.4 is 16.8 Å². The van der Waals surface area contributed by atoms with Gasteiger partial charge in [-0.3, -0.25) is 5.32 Å². The molecule has 0 bridgehead atoms. The Morgan fingerprint density at radius 2 is 1.93 bits per heavy atom. The van der Waals surface area contributed by atoms with E-state index in [-0.39, 0.29) is 6.17 Å². The van der Waals surface area contributed by atoms with E-state index < -0.39 is 0 Å². The summed E-state index contributed by atoms with van der Waals surface area (Å²) in [7, 11) is 0. The molecule has 3 aliphatic rings. The van der Waals surface area contributed by atoms with Crippen LogP contribution in [0.4, 0.5) is 5.82 Å². The molecule has 4 rings (SSSR count). The van der Waals surface area contributed by atoms with E-state index in [1.807, 2.05) is 6.07 Å². The molecular formula is C22H32ClN5O. The van der Waals surface area contributed by atoms with E-state index in [1.54, 1.807) is 6.20 Å². The van der Waals surface area contributed by atoms with Gasteiger partial charge in [0.05, 0.1) is 11.2 Å². The summed E-state index contributed by atoms with van der Waals surface area (Å²) in [4.78, 5) is 6.63. The second kappa shape index (κ2) is 9.47. The summed E-state index contributed by atoms with van der Waals surface area (Å²) in [5, 5.41) is 4.43. The molecule has 2 fully saturated rings. The molecule has 1 atom stereocenters. The maximum Gasteiger partial charge on any atom is 0.124 e. The number of allylic oxidation sites excluding steroid dienone is 2. The number of pyridine rings is 1. The number of rotatable bonds is 5. The molecule has 0 amide bonds. The van der Waals surface area contributed by atoms with Crippen molar-refractivity contribution >= 4 is 23.1 Å². The largest absolute Gasteiger partial charge is 0.384 e. The highest BCUT2D eigenvalue weighted by atomic mass is 35.5. The number of nitrogens with two attached hydrogens (primary N) is 2. The lowest BCUT2D eigenvalue weighted by molar-refractivity contribution is 0.0628. The first kappa shape index (κ1) is 20.7. The van der Waals surface area contributed by atoms with Crippen LogP contribution in [0.3, 0.4) is 0 Å². The smallest absolute Gasteiger partial charge is 0.124 e. The number of nitrogen functional groups attached to an aromatic ring is 1. The van der Waals surface area contributed by atoms with Crippen molar-refractivity contribution in [3.63, 3.8) is 0 Å². The van der Waals surface area contributed by atoms with Gasteiger partial charge in [-0.05, 0) is 62.7 Å². The van der Waals surface area contributed by atoms with Crippen molar-refractivity contribution < 1.29 is 4.74 Å². The molecule has 1 aromatic heterocycles. The minimum Gasteiger partial charge on any atom is -0.384 e. The van der Waals surface area contributed by atoms with Gasteiger partial charge in [-0.2, -0.15) is 0 Å². The summed E-state index contributed by atoms with van der Waals surface area (Å²) in [6.45, 7) is 2.73. The van der Waals surface area contributed by atoms with Crippen LogP contribution in [-0.2, 0) is 4.74 Å². The van der Waals surface area contributed by atoms with E-state index >= 15 is 0 Å². The summed E-state index contributed by atoms with van der Waals surface area (Å²) in [5.74, 6) is 1.14. The molecule has 1 unspecified atom stereocenters. The fourth-order valence-corrected chi connectivity index (χ4v) is 4.87. The van der Waals surface area contributed by atoms with E-state index in [9.17, 15) is 0 Å². The van der Waals surface area contributed by atoms with Crippen LogP contribution in [0.2, 0.25) is 5.02 Å². The third-order valence-electron chi connectivity index (χ3n) is 6.37. The van der Waals surface area contributed by atoms with Crippen LogP contribution in [0.15, 0.2) is 30.5 Å². The van der Waals surface area contributed by atoms with E-state index in [1.165, 1.54) is 0 Å². The molecule has 7 heteroatoms. The van der Waals surface area contributed by atoms with E-state index in [4.69, 9.17) is 27.8 Å². The Kier molecular flexibility index (Phi) is 6.75. The predicted octanol–water partition coefficient (Wildman–Crippen LogP) is 3.14. The van der Waals surface area contributed by atoms with Crippen LogP contribution in [0, 0.1) is 5.92 Å². The van der Waals surface area contributed by atoms with Crippen molar-refractivity contribution in [1.29, 1.82) is 0 Å². The first-order valence-electron chi connectivity index (χ1n) is 10.8. The predicted molar refractivity (Wildman–Crippen MR) is 118 cm³/mol. The minimum absolute atomic E-state index is 0.127. The lowest BCUT2D eigenvalue weighted by Crippen LogP contribution is -2.52. The Morgan fingerprint density at radius 3 is 2.69 bits per heavy atom. The number of nitrogens with one attached hydrogen (secondary N) is 1. The Bertz CT molecular complexity index is 754. The monoisotopic (exact) mass is 417 g/mol. The van der Waals surface area contributed by atoms with Gasteiger partial charge >= 0.3 is 0 Å². The summed E-state index contributed by atoms with van der Waals surface area (Å²) in [6, 6.07) is 2.61. The van der Waals surface area contributed by atoms with Gasteiger partial charge < -0.3 is 21.1 Å². The third-order valence-corrected chi connectivity index (χ3v) is 6.67. The standard InChI is InChI=1S/C22H32ClN5O/c23-19-14-26-21(25)12-18(19)20-2-1-3-22(27-13-15-8-10-29-11-9-15)28(20)17-6-4-16(24)5-7-17/h1-3,12,14-17,22,27H,4-11,13,24H2,(H2,25,26). The van der Waals surface area contributed by atoms with Crippen LogP contribution in [0.25, 0.3) is 5.70 Å². The van der Waals surface area contributed by atoms with Crippen molar-refractivity contribution in [3.8, 4) is 0 Å². The topological polar surface area (TPSA) is 89.4 Å². The number of hydrogen-bond acceptors (Lipinski definition) is 6. The van der Waals surface area contributed by atoms with Gasteiger partial charge in [-0.1, -0.05) is 17.7 Å². The van der Waals surface area contributed by atoms with Gasteiger partial charge in [-0.25, -0.2) is 4.98 Å². The van der Waals surface area contributed by atoms with Crippen LogP contribution in [-0.4, -0.2) is 47.9 Å². The normalized spacial score (nSPS) is 28.4. The van der Waals surface area contributed by atoms with Crippen molar-refractivity contribution in [2.45, 2.75) is 56.8 Å². The highest BCUT2D eigenvalue weighted by Crippen LogP contribution is 2.36. The Labute approximate surface area is 178 Å². The van der Waals surface area contributed by atoms with Crippen LogP contribution in [0.5, 0.6) is 0 Å². The quantitative estimate of drug-likeness (QED) is 0.681. The average Bonchev–Trinajstić information content (AvgIpc) is 2.75. The number of halogens is 1. The number of aromatic nitrogens is 1. The summed E-state index contributed by atoms with van der Waals surface area (Å²) in [6.07, 6.45) is 14.8. The van der Waals surface area contributed by atoms with Crippen molar-refractivity contribution in [1.82, 2.24) is 15.2 Å². The van der Waals surface area contributed by atoms with E-state index in [0.29, 0.717) is 28.8 Å². The van der Waals surface area contributed by atoms with Gasteiger partial charge in [0.25, 0.3) is 0 Å². The summed E-state index contributed by atoms with van der Waals surface area (Å²) < 4.78 is 5.51. The van der Waals surface area contributed by atoms with Crippen molar-refractivity contribution in [2.24, 2.45) is 11.7 Å². The molecule has 1 saturated carbocycles. The molecule has 0 spiro atoms. The first-order chi connectivity index (χ1) is 14.1. The second-order valence-electron chi connectivity index (χ2n) is 8.41. The van der Waals surface area contributed by atoms with Crippen molar-refractivity contribution in [3.05, 3.63) is 41.1 Å². The molecule has 0 aromatic carbocycles. The molecule has 158 valence electrons. The Morgan fingerprint density at radius 1 is 1.17 bits per heavy atom. The Balaban J connectivity index is 1.57. The van der Waals surface area contributed by atoms with Gasteiger partial charge in [0, 0.05) is 49.3 Å². The minimum atomic E-state index is 0.127. The zero-order valence-electron chi connectivity index (χ0n) is 16.9. The maximum atomic E-state index is 6.54. The maximum absolute atomic E-state index is 6.54. The molecule has 6 nitrogen and oxygen atoms in total. The molecule has 3 heterocycles. The van der Waals surface area contributed by atoms with Gasteiger partial charge in [0.15, 0.2) is 0 Å². The summed E-state index contributed by atoms with van der Waals surface area (Å²) in [5.41, 5.74) is 14.2. The molecule has 1 aromatic rings. The number of ether oxygens (including phenoxy) is 1. The molecule has 1 saturated heterocycles. The lowest BCUT2D eigenvalue weighted by Gasteiger charge is -2.45. The lowest BCUT2D eigenvalue weighted by atomic mass is 9.89. The van der Waals surface area contributed by atoms with Gasteiger partial charge in [0.1, 0.15) is 5.82 Å². The fourth-order valence-electron chi connectivity index (χ4n) is 4.67. The van der Waals surface area contributed by atoms with Gasteiger partial charge in [-0.15, -0.1) is 0 Å². The highest BCUT2D eigenvalue weighted by molar-refractivity contribution is 6.32. The number of anilines is 1. The van der Waals surface area contributed by atoms with Crippen LogP contribution >= 0.6 is 11.6 Å². The van der Waals surface area contributed by atoms with E-state index in [0.717, 1.165) is 69.5 Å². The zero-order chi connectivity index (χ0) is 20.2. The molecule has 0 radical (unpaired) electrons. The molecule has 2 aliphatic heterocycles. The molecule has 29 heavy (non-hydrogen) atoms. The summed E-state index contributed by atoms with van der Waals surface area (Å²) >= 11 is 6.54.